The lowest BCUT2D eigenvalue weighted by Gasteiger charge is -2.23. The van der Waals surface area contributed by atoms with Crippen molar-refractivity contribution in [2.45, 2.75) is 12.8 Å². The summed E-state index contributed by atoms with van der Waals surface area (Å²) < 4.78 is 2.19. The first-order valence-corrected chi connectivity index (χ1v) is 12.1. The number of amidine groups is 1. The normalized spacial score (nSPS) is 18.5. The molecular weight excluding hydrogens is 478 g/mol. The maximum Gasteiger partial charge on any atom is 0.213 e. The minimum Gasteiger partial charge on any atom is -0.334 e. The predicted octanol–water partition coefficient (Wildman–Crippen LogP) is 6.26. The average molecular weight is 494 g/mol. The lowest BCUT2D eigenvalue weighted by atomic mass is 10.1. The maximum absolute atomic E-state index is 8.94. The number of hydrazone groups is 1. The predicted molar refractivity (Wildman–Crippen MR) is 130 cm³/mol. The molecule has 6 rings (SSSR count). The van der Waals surface area contributed by atoms with Crippen molar-refractivity contribution in [3.63, 3.8) is 0 Å². The second kappa shape index (κ2) is 7.08. The topological polar surface area (TPSA) is 55.6 Å². The van der Waals surface area contributed by atoms with Crippen molar-refractivity contribution < 1.29 is 0 Å². The molecule has 30 heavy (non-hydrogen) atoms. The second-order valence-electron chi connectivity index (χ2n) is 7.23. The van der Waals surface area contributed by atoms with Gasteiger partial charge < -0.3 is 4.90 Å². The van der Waals surface area contributed by atoms with E-state index in [9.17, 15) is 0 Å². The summed E-state index contributed by atoms with van der Waals surface area (Å²) in [7, 11) is 0. The summed E-state index contributed by atoms with van der Waals surface area (Å²) in [5, 5.41) is 19.5. The smallest absolute Gasteiger partial charge is 0.213 e. The molecule has 1 N–H and O–H groups in total. The molecule has 0 atom stereocenters. The van der Waals surface area contributed by atoms with Gasteiger partial charge in [0.1, 0.15) is 0 Å². The summed E-state index contributed by atoms with van der Waals surface area (Å²) in [6.45, 7) is 0.932. The third-order valence-electron chi connectivity index (χ3n) is 5.39. The van der Waals surface area contributed by atoms with Crippen LogP contribution >= 0.6 is 39.0 Å². The van der Waals surface area contributed by atoms with Crippen LogP contribution in [-0.2, 0) is 0 Å². The van der Waals surface area contributed by atoms with E-state index < -0.39 is 0 Å². The Labute approximate surface area is 190 Å². The van der Waals surface area contributed by atoms with Crippen LogP contribution in [0.25, 0.3) is 15.9 Å². The zero-order chi connectivity index (χ0) is 20.2. The van der Waals surface area contributed by atoms with Gasteiger partial charge in [-0.15, -0.1) is 0 Å². The van der Waals surface area contributed by atoms with Gasteiger partial charge in [-0.1, -0.05) is 63.3 Å². The fourth-order valence-electron chi connectivity index (χ4n) is 3.97. The molecule has 0 saturated heterocycles. The average Bonchev–Trinajstić information content (AvgIpc) is 3.41. The van der Waals surface area contributed by atoms with Crippen molar-refractivity contribution in [1.82, 2.24) is 9.88 Å². The lowest BCUT2D eigenvalue weighted by molar-refractivity contribution is 0.516. The maximum atomic E-state index is 8.94. The van der Waals surface area contributed by atoms with Gasteiger partial charge in [0.15, 0.2) is 5.84 Å². The highest BCUT2D eigenvalue weighted by molar-refractivity contribution is 9.10. The van der Waals surface area contributed by atoms with Gasteiger partial charge in [-0.25, -0.2) is 4.98 Å². The molecule has 4 heterocycles. The highest BCUT2D eigenvalue weighted by Crippen LogP contribution is 2.45. The Hall–Kier alpha value is -2.42. The number of thiazole rings is 1. The quantitative estimate of drug-likeness (QED) is 0.457. The van der Waals surface area contributed by atoms with E-state index in [1.54, 1.807) is 28.1 Å². The van der Waals surface area contributed by atoms with Gasteiger partial charge >= 0.3 is 0 Å². The van der Waals surface area contributed by atoms with Gasteiger partial charge in [-0.2, -0.15) is 10.1 Å². The van der Waals surface area contributed by atoms with Gasteiger partial charge in [-0.3, -0.25) is 5.41 Å². The summed E-state index contributed by atoms with van der Waals surface area (Å²) in [4.78, 5) is 7.07. The van der Waals surface area contributed by atoms with E-state index >= 15 is 0 Å². The molecule has 5 nitrogen and oxygen atoms in total. The number of rotatable bonds is 2. The number of nitrogens with one attached hydrogen (secondary N) is 1. The van der Waals surface area contributed by atoms with Crippen molar-refractivity contribution in [2.75, 3.05) is 11.6 Å². The Kier molecular flexibility index (Phi) is 4.33. The van der Waals surface area contributed by atoms with Crippen LogP contribution in [0.15, 0.2) is 74.1 Å². The van der Waals surface area contributed by atoms with E-state index in [1.807, 2.05) is 18.2 Å². The van der Waals surface area contributed by atoms with Gasteiger partial charge in [0, 0.05) is 16.4 Å². The standard InChI is InChI=1S/C22H16BrN5S2/c23-14-9-7-13(8-10-14)17-12-29-21-19-16(5-3-11-27(17)21)26-28(20(19)24)22-25-15-4-1-2-6-18(15)30-22/h1-2,4,6-10,12,24H,3,5,11H2. The Balaban J connectivity index is 1.39. The molecule has 0 unspecified atom stereocenters. The minimum absolute atomic E-state index is 0.420. The van der Waals surface area contributed by atoms with Crippen LogP contribution in [0.5, 0.6) is 0 Å². The molecule has 1 aromatic heterocycles. The number of thioether (sulfide) groups is 1. The van der Waals surface area contributed by atoms with Crippen molar-refractivity contribution in [3.8, 4) is 0 Å². The summed E-state index contributed by atoms with van der Waals surface area (Å²) in [5.74, 6) is 0.420. The zero-order valence-corrected chi connectivity index (χ0v) is 19.0. The third-order valence-corrected chi connectivity index (χ3v) is 7.92. The Morgan fingerprint density at radius 3 is 2.73 bits per heavy atom. The van der Waals surface area contributed by atoms with Crippen LogP contribution in [-0.4, -0.2) is 28.0 Å². The van der Waals surface area contributed by atoms with Crippen LogP contribution in [0, 0.1) is 5.41 Å². The van der Waals surface area contributed by atoms with Crippen LogP contribution < -0.4 is 5.01 Å². The van der Waals surface area contributed by atoms with E-state index in [1.165, 1.54) is 11.3 Å². The van der Waals surface area contributed by atoms with Crippen molar-refractivity contribution in [2.24, 2.45) is 5.10 Å². The molecule has 3 aliphatic heterocycles. The summed E-state index contributed by atoms with van der Waals surface area (Å²) in [5.41, 5.74) is 5.28. The number of aromatic nitrogens is 1. The van der Waals surface area contributed by atoms with Gasteiger partial charge in [0.05, 0.1) is 32.2 Å². The van der Waals surface area contributed by atoms with E-state index in [2.05, 4.69) is 56.6 Å². The molecule has 148 valence electrons. The first-order valence-electron chi connectivity index (χ1n) is 9.66. The number of anilines is 1. The van der Waals surface area contributed by atoms with E-state index in [0.29, 0.717) is 5.84 Å². The second-order valence-corrected chi connectivity index (χ2v) is 10.0. The van der Waals surface area contributed by atoms with Crippen molar-refractivity contribution >= 4 is 71.6 Å². The lowest BCUT2D eigenvalue weighted by Crippen LogP contribution is -2.24. The number of fused-ring (bicyclic) bond motifs is 3. The van der Waals surface area contributed by atoms with Gasteiger partial charge in [-0.05, 0) is 42.7 Å². The Morgan fingerprint density at radius 1 is 1.07 bits per heavy atom. The van der Waals surface area contributed by atoms with E-state index in [0.717, 1.165) is 55.5 Å². The number of hydrogen-bond donors (Lipinski definition) is 1. The SMILES string of the molecule is N=C1C2=C3SC=C(c4ccc(Br)cc4)N3CCCC2=NN1c1nc2ccccc2s1. The van der Waals surface area contributed by atoms with Crippen molar-refractivity contribution in [1.29, 1.82) is 5.41 Å². The van der Waals surface area contributed by atoms with Crippen LogP contribution in [0.1, 0.15) is 18.4 Å². The Bertz CT molecular complexity index is 1260. The molecular formula is C22H16BrN5S2. The molecule has 0 saturated carbocycles. The third kappa shape index (κ3) is 2.85. The van der Waals surface area contributed by atoms with Crippen LogP contribution in [0.2, 0.25) is 0 Å². The largest absolute Gasteiger partial charge is 0.334 e. The highest BCUT2D eigenvalue weighted by Gasteiger charge is 2.38. The molecule has 3 aromatic rings. The number of benzene rings is 2. The number of hydrogen-bond acceptors (Lipinski definition) is 6. The highest BCUT2D eigenvalue weighted by atomic mass is 79.9. The monoisotopic (exact) mass is 493 g/mol. The first kappa shape index (κ1) is 18.4. The molecule has 3 aliphatic rings. The molecule has 8 heteroatoms. The summed E-state index contributed by atoms with van der Waals surface area (Å²) in [6.07, 6.45) is 1.87. The van der Waals surface area contributed by atoms with E-state index in [-0.39, 0.29) is 0 Å². The fraction of sp³-hybridized carbons (Fsp3) is 0.136. The van der Waals surface area contributed by atoms with E-state index in [4.69, 9.17) is 15.5 Å². The van der Waals surface area contributed by atoms with Gasteiger partial charge in [0.2, 0.25) is 5.13 Å². The zero-order valence-electron chi connectivity index (χ0n) is 15.8. The van der Waals surface area contributed by atoms with Crippen molar-refractivity contribution in [3.05, 3.63) is 74.6 Å². The number of halogens is 1. The molecule has 2 aromatic carbocycles. The molecule has 0 bridgehead atoms. The minimum atomic E-state index is 0.420. The number of nitrogens with zero attached hydrogens (tertiary/aromatic N) is 4. The molecule has 0 radical (unpaired) electrons. The molecule has 0 amide bonds. The van der Waals surface area contributed by atoms with Crippen LogP contribution in [0.3, 0.4) is 0 Å². The van der Waals surface area contributed by atoms with Crippen LogP contribution in [0.4, 0.5) is 5.13 Å². The fourth-order valence-corrected chi connectivity index (χ4v) is 6.29. The molecule has 0 spiro atoms. The summed E-state index contributed by atoms with van der Waals surface area (Å²) in [6, 6.07) is 16.5. The molecule has 0 aliphatic carbocycles. The Morgan fingerprint density at radius 2 is 1.90 bits per heavy atom. The first-order chi connectivity index (χ1) is 14.7. The number of para-hydroxylation sites is 1. The molecule has 0 fully saturated rings. The van der Waals surface area contributed by atoms with Gasteiger partial charge in [0.25, 0.3) is 0 Å². The summed E-state index contributed by atoms with van der Waals surface area (Å²) >= 11 is 6.79.